The molecule has 2 aliphatic rings. The average molecular weight is 362 g/mol. The largest absolute Gasteiger partial charge is 0.366 e. The normalized spacial score (nSPS) is 23.6. The van der Waals surface area contributed by atoms with E-state index < -0.39 is 0 Å². The summed E-state index contributed by atoms with van der Waals surface area (Å²) in [4.78, 5) is 12.2. The maximum Gasteiger partial charge on any atom is 0.251 e. The first-order chi connectivity index (χ1) is 9.20. The second-order valence-corrected chi connectivity index (χ2v) is 6.06. The number of ether oxygens (including phenoxy) is 1. The van der Waals surface area contributed by atoms with Crippen LogP contribution in [0.25, 0.3) is 0 Å². The quantitative estimate of drug-likeness (QED) is 0.865. The van der Waals surface area contributed by atoms with Gasteiger partial charge in [0, 0.05) is 17.6 Å². The summed E-state index contributed by atoms with van der Waals surface area (Å²) in [7, 11) is 0. The Balaban J connectivity index is 0.00000147. The fourth-order valence-corrected chi connectivity index (χ4v) is 2.85. The number of carbonyl (C=O) groups is 1. The molecule has 2 fully saturated rings. The van der Waals surface area contributed by atoms with E-state index in [0.717, 1.165) is 23.9 Å². The zero-order chi connectivity index (χ0) is 13.3. The van der Waals surface area contributed by atoms with Crippen molar-refractivity contribution in [3.63, 3.8) is 0 Å². The first-order valence-corrected chi connectivity index (χ1v) is 7.39. The number of halogens is 2. The second kappa shape index (κ2) is 6.43. The molecule has 6 heteroatoms. The molecule has 1 atom stereocenters. The van der Waals surface area contributed by atoms with Gasteiger partial charge in [0.2, 0.25) is 0 Å². The van der Waals surface area contributed by atoms with Crippen molar-refractivity contribution in [2.45, 2.75) is 24.5 Å². The van der Waals surface area contributed by atoms with Crippen molar-refractivity contribution in [1.82, 2.24) is 10.6 Å². The van der Waals surface area contributed by atoms with Gasteiger partial charge in [-0.05, 0) is 30.5 Å². The van der Waals surface area contributed by atoms with Gasteiger partial charge in [-0.1, -0.05) is 28.1 Å². The zero-order valence-corrected chi connectivity index (χ0v) is 13.4. The monoisotopic (exact) mass is 360 g/mol. The Labute approximate surface area is 133 Å². The number of amides is 1. The van der Waals surface area contributed by atoms with Crippen LogP contribution in [0.15, 0.2) is 28.7 Å². The van der Waals surface area contributed by atoms with E-state index in [1.165, 1.54) is 5.56 Å². The molecule has 0 bridgehead atoms. The molecule has 2 N–H and O–H groups in total. The highest BCUT2D eigenvalue weighted by atomic mass is 79.9. The number of rotatable bonds is 3. The molecule has 1 aliphatic carbocycles. The minimum absolute atomic E-state index is 0. The van der Waals surface area contributed by atoms with Crippen LogP contribution in [0.4, 0.5) is 0 Å². The molecule has 0 aromatic heterocycles. The average Bonchev–Trinajstić information content (AvgIpc) is 3.21. The van der Waals surface area contributed by atoms with E-state index in [-0.39, 0.29) is 30.0 Å². The van der Waals surface area contributed by atoms with Crippen LogP contribution >= 0.6 is 28.3 Å². The van der Waals surface area contributed by atoms with Gasteiger partial charge in [0.1, 0.15) is 6.10 Å². The molecule has 0 spiro atoms. The SMILES string of the molecule is Cl.O=C(NC1(c2cccc(Br)c2)CC1)C1CNCCO1. The molecule has 4 nitrogen and oxygen atoms in total. The fraction of sp³-hybridized carbons (Fsp3) is 0.500. The van der Waals surface area contributed by atoms with Gasteiger partial charge in [0.05, 0.1) is 12.1 Å². The Morgan fingerprint density at radius 1 is 1.45 bits per heavy atom. The lowest BCUT2D eigenvalue weighted by Gasteiger charge is -2.26. The molecule has 1 aromatic carbocycles. The van der Waals surface area contributed by atoms with E-state index in [4.69, 9.17) is 4.74 Å². The van der Waals surface area contributed by atoms with Gasteiger partial charge in [-0.2, -0.15) is 0 Å². The minimum Gasteiger partial charge on any atom is -0.366 e. The summed E-state index contributed by atoms with van der Waals surface area (Å²) in [5.74, 6) is -0.00956. The van der Waals surface area contributed by atoms with Crippen LogP contribution in [0.1, 0.15) is 18.4 Å². The molecule has 3 rings (SSSR count). The third-order valence-corrected chi connectivity index (χ3v) is 4.20. The summed E-state index contributed by atoms with van der Waals surface area (Å²) in [6.07, 6.45) is 1.63. The lowest BCUT2D eigenvalue weighted by Crippen LogP contribution is -2.50. The summed E-state index contributed by atoms with van der Waals surface area (Å²) in [5.41, 5.74) is 0.987. The van der Waals surface area contributed by atoms with E-state index in [1.54, 1.807) is 0 Å². The van der Waals surface area contributed by atoms with Gasteiger partial charge in [-0.25, -0.2) is 0 Å². The van der Waals surface area contributed by atoms with Crippen molar-refractivity contribution < 1.29 is 9.53 Å². The number of carbonyl (C=O) groups excluding carboxylic acids is 1. The van der Waals surface area contributed by atoms with Gasteiger partial charge in [-0.3, -0.25) is 4.79 Å². The van der Waals surface area contributed by atoms with Gasteiger partial charge < -0.3 is 15.4 Å². The number of hydrogen-bond acceptors (Lipinski definition) is 3. The standard InChI is InChI=1S/C14H17BrN2O2.ClH/c15-11-3-1-2-10(8-11)14(4-5-14)17-13(18)12-9-16-6-7-19-12;/h1-3,8,12,16H,4-7,9H2,(H,17,18);1H. The topological polar surface area (TPSA) is 50.4 Å². The maximum atomic E-state index is 12.2. The Hall–Kier alpha value is -0.620. The van der Waals surface area contributed by atoms with Gasteiger partial charge >= 0.3 is 0 Å². The summed E-state index contributed by atoms with van der Waals surface area (Å²) in [5, 5.41) is 6.33. The van der Waals surface area contributed by atoms with Crippen molar-refractivity contribution in [2.24, 2.45) is 0 Å². The van der Waals surface area contributed by atoms with E-state index in [0.29, 0.717) is 13.2 Å². The molecule has 1 aliphatic heterocycles. The van der Waals surface area contributed by atoms with E-state index in [9.17, 15) is 4.79 Å². The van der Waals surface area contributed by atoms with Crippen molar-refractivity contribution in [2.75, 3.05) is 19.7 Å². The summed E-state index contributed by atoms with van der Waals surface area (Å²) < 4.78 is 6.53. The molecule has 1 unspecified atom stereocenters. The molecule has 1 aromatic rings. The smallest absolute Gasteiger partial charge is 0.251 e. The Kier molecular flexibility index (Phi) is 5.07. The molecular weight excluding hydrogens is 344 g/mol. The predicted molar refractivity (Wildman–Crippen MR) is 83.1 cm³/mol. The fourth-order valence-electron chi connectivity index (χ4n) is 2.45. The van der Waals surface area contributed by atoms with E-state index in [2.05, 4.69) is 38.7 Å². The first kappa shape index (κ1) is 15.8. The minimum atomic E-state index is -0.363. The van der Waals surface area contributed by atoms with Crippen LogP contribution in [-0.2, 0) is 15.1 Å². The summed E-state index contributed by atoms with van der Waals surface area (Å²) in [6.45, 7) is 2.02. The van der Waals surface area contributed by atoms with Gasteiger partial charge in [0.25, 0.3) is 5.91 Å². The molecule has 20 heavy (non-hydrogen) atoms. The summed E-state index contributed by atoms with van der Waals surface area (Å²) >= 11 is 3.48. The number of nitrogens with one attached hydrogen (secondary N) is 2. The van der Waals surface area contributed by atoms with Crippen LogP contribution in [0.2, 0.25) is 0 Å². The number of benzene rings is 1. The lowest BCUT2D eigenvalue weighted by molar-refractivity contribution is -0.135. The third-order valence-electron chi connectivity index (χ3n) is 3.71. The molecule has 0 radical (unpaired) electrons. The molecule has 1 saturated heterocycles. The van der Waals surface area contributed by atoms with Crippen molar-refractivity contribution in [3.8, 4) is 0 Å². The Bertz CT molecular complexity index is 488. The summed E-state index contributed by atoms with van der Waals surface area (Å²) in [6, 6.07) is 8.14. The Morgan fingerprint density at radius 3 is 2.85 bits per heavy atom. The van der Waals surface area contributed by atoms with Crippen LogP contribution in [-0.4, -0.2) is 31.7 Å². The lowest BCUT2D eigenvalue weighted by atomic mass is 10.0. The highest BCUT2D eigenvalue weighted by Crippen LogP contribution is 2.46. The van der Waals surface area contributed by atoms with Gasteiger partial charge in [-0.15, -0.1) is 12.4 Å². The Morgan fingerprint density at radius 2 is 2.25 bits per heavy atom. The zero-order valence-electron chi connectivity index (χ0n) is 11.0. The number of hydrogen-bond donors (Lipinski definition) is 2. The molecular formula is C14H18BrClN2O2. The highest BCUT2D eigenvalue weighted by molar-refractivity contribution is 9.10. The molecule has 1 amide bonds. The van der Waals surface area contributed by atoms with E-state index in [1.807, 2.05) is 12.1 Å². The second-order valence-electron chi connectivity index (χ2n) is 5.15. The number of morpholine rings is 1. The maximum absolute atomic E-state index is 12.2. The van der Waals surface area contributed by atoms with Crippen molar-refractivity contribution in [3.05, 3.63) is 34.3 Å². The molecule has 110 valence electrons. The van der Waals surface area contributed by atoms with Crippen molar-refractivity contribution in [1.29, 1.82) is 0 Å². The molecule has 1 heterocycles. The van der Waals surface area contributed by atoms with E-state index >= 15 is 0 Å². The molecule has 1 saturated carbocycles. The van der Waals surface area contributed by atoms with Crippen LogP contribution in [0, 0.1) is 0 Å². The van der Waals surface area contributed by atoms with Crippen LogP contribution in [0.5, 0.6) is 0 Å². The van der Waals surface area contributed by atoms with Crippen LogP contribution < -0.4 is 10.6 Å². The van der Waals surface area contributed by atoms with Gasteiger partial charge in [0.15, 0.2) is 0 Å². The highest BCUT2D eigenvalue weighted by Gasteiger charge is 2.46. The predicted octanol–water partition coefficient (Wildman–Crippen LogP) is 1.96. The van der Waals surface area contributed by atoms with Crippen LogP contribution in [0.3, 0.4) is 0 Å². The third kappa shape index (κ3) is 3.34. The van der Waals surface area contributed by atoms with Crippen molar-refractivity contribution >= 4 is 34.2 Å². The first-order valence-electron chi connectivity index (χ1n) is 6.60.